The van der Waals surface area contributed by atoms with Crippen molar-refractivity contribution in [1.82, 2.24) is 4.31 Å². The number of hydrogen-bond acceptors (Lipinski definition) is 2. The van der Waals surface area contributed by atoms with E-state index in [1.54, 1.807) is 0 Å². The molecule has 0 atom stereocenters. The summed E-state index contributed by atoms with van der Waals surface area (Å²) in [7, 11) is -3.44. The Kier molecular flexibility index (Phi) is 5.15. The summed E-state index contributed by atoms with van der Waals surface area (Å²) in [5.41, 5.74) is 1.60. The van der Waals surface area contributed by atoms with Crippen LogP contribution in [0.4, 0.5) is 0 Å². The smallest absolute Gasteiger partial charge is 0.211 e. The first-order chi connectivity index (χ1) is 10.1. The predicted octanol–water partition coefficient (Wildman–Crippen LogP) is 3.45. The molecule has 0 radical (unpaired) electrons. The van der Waals surface area contributed by atoms with Crippen LogP contribution in [-0.4, -0.2) is 25.8 Å². The van der Waals surface area contributed by atoms with E-state index in [0.29, 0.717) is 13.1 Å². The van der Waals surface area contributed by atoms with Crippen molar-refractivity contribution in [3.8, 4) is 0 Å². The minimum Gasteiger partial charge on any atom is -0.211 e. The van der Waals surface area contributed by atoms with E-state index >= 15 is 0 Å². The zero-order chi connectivity index (χ0) is 15.3. The van der Waals surface area contributed by atoms with E-state index in [4.69, 9.17) is 0 Å². The van der Waals surface area contributed by atoms with Gasteiger partial charge in [-0.1, -0.05) is 74.5 Å². The van der Waals surface area contributed by atoms with Crippen LogP contribution >= 0.6 is 0 Å². The van der Waals surface area contributed by atoms with Crippen molar-refractivity contribution in [2.45, 2.75) is 19.1 Å². The topological polar surface area (TPSA) is 37.4 Å². The van der Waals surface area contributed by atoms with Crippen LogP contribution in [0.5, 0.6) is 0 Å². The van der Waals surface area contributed by atoms with Crippen molar-refractivity contribution >= 4 is 10.0 Å². The molecule has 0 spiro atoms. The fourth-order valence-electron chi connectivity index (χ4n) is 2.52. The van der Waals surface area contributed by atoms with E-state index in [1.165, 1.54) is 4.31 Å². The summed E-state index contributed by atoms with van der Waals surface area (Å²) in [5.74, 6) is 0. The molecule has 3 nitrogen and oxygen atoms in total. The summed E-state index contributed by atoms with van der Waals surface area (Å²) in [5, 5.41) is -0.653. The molecule has 0 N–H and O–H groups in total. The minimum absolute atomic E-state index is 0.481. The molecule has 0 amide bonds. The van der Waals surface area contributed by atoms with E-state index in [0.717, 1.165) is 11.1 Å². The highest BCUT2D eigenvalue weighted by Crippen LogP contribution is 2.32. The standard InChI is InChI=1S/C17H21NO2S/c1-3-18(4-2)21(19,20)17(15-11-7-5-8-12-15)16-13-9-6-10-14-16/h5-14,17H,3-4H2,1-2H3. The molecule has 2 aromatic carbocycles. The van der Waals surface area contributed by atoms with Crippen molar-refractivity contribution in [3.63, 3.8) is 0 Å². The van der Waals surface area contributed by atoms with Crippen molar-refractivity contribution in [2.24, 2.45) is 0 Å². The van der Waals surface area contributed by atoms with Crippen LogP contribution in [0.2, 0.25) is 0 Å². The Hall–Kier alpha value is -1.65. The first-order valence-electron chi connectivity index (χ1n) is 7.20. The molecule has 4 heteroatoms. The maximum atomic E-state index is 13.0. The molecule has 0 aliphatic rings. The number of sulfonamides is 1. The second-order valence-electron chi connectivity index (χ2n) is 4.83. The van der Waals surface area contributed by atoms with Crippen LogP contribution in [-0.2, 0) is 10.0 Å². The second-order valence-corrected chi connectivity index (χ2v) is 6.85. The number of benzene rings is 2. The highest BCUT2D eigenvalue weighted by Gasteiger charge is 2.32. The Balaban J connectivity index is 2.57. The predicted molar refractivity (Wildman–Crippen MR) is 86.6 cm³/mol. The molecule has 0 aliphatic carbocycles. The van der Waals surface area contributed by atoms with Crippen LogP contribution in [0.1, 0.15) is 30.2 Å². The monoisotopic (exact) mass is 303 g/mol. The zero-order valence-electron chi connectivity index (χ0n) is 12.4. The molecule has 0 heterocycles. The lowest BCUT2D eigenvalue weighted by Gasteiger charge is -2.26. The molecule has 0 aliphatic heterocycles. The fourth-order valence-corrected chi connectivity index (χ4v) is 4.54. The third-order valence-electron chi connectivity index (χ3n) is 3.57. The van der Waals surface area contributed by atoms with E-state index < -0.39 is 15.3 Å². The van der Waals surface area contributed by atoms with Gasteiger partial charge in [-0.3, -0.25) is 0 Å². The average Bonchev–Trinajstić information content (AvgIpc) is 2.50. The molecular weight excluding hydrogens is 282 g/mol. The van der Waals surface area contributed by atoms with Crippen LogP contribution in [0.25, 0.3) is 0 Å². The summed E-state index contributed by atoms with van der Waals surface area (Å²) >= 11 is 0. The Bertz CT molecular complexity index is 610. The minimum atomic E-state index is -3.44. The maximum absolute atomic E-state index is 13.0. The molecule has 112 valence electrons. The molecule has 0 unspecified atom stereocenters. The molecule has 2 rings (SSSR count). The lowest BCUT2D eigenvalue weighted by atomic mass is 10.0. The largest absolute Gasteiger partial charge is 0.225 e. The van der Waals surface area contributed by atoms with Crippen LogP contribution < -0.4 is 0 Å². The van der Waals surface area contributed by atoms with Crippen molar-refractivity contribution in [1.29, 1.82) is 0 Å². The number of nitrogens with zero attached hydrogens (tertiary/aromatic N) is 1. The van der Waals surface area contributed by atoms with Gasteiger partial charge in [-0.05, 0) is 11.1 Å². The Morgan fingerprint density at radius 1 is 0.810 bits per heavy atom. The summed E-state index contributed by atoms with van der Waals surface area (Å²) in [6.45, 7) is 4.70. The maximum Gasteiger partial charge on any atom is 0.225 e. The average molecular weight is 303 g/mol. The number of hydrogen-bond donors (Lipinski definition) is 0. The van der Waals surface area contributed by atoms with Gasteiger partial charge in [0, 0.05) is 13.1 Å². The highest BCUT2D eigenvalue weighted by molar-refractivity contribution is 7.89. The first-order valence-corrected chi connectivity index (χ1v) is 8.70. The Labute approximate surface area is 127 Å². The number of rotatable bonds is 6. The first kappa shape index (κ1) is 15.7. The summed E-state index contributed by atoms with van der Waals surface area (Å²) in [6, 6.07) is 18.8. The zero-order valence-corrected chi connectivity index (χ0v) is 13.3. The van der Waals surface area contributed by atoms with Gasteiger partial charge in [0.25, 0.3) is 0 Å². The molecule has 0 saturated heterocycles. The molecule has 0 fully saturated rings. The fraction of sp³-hybridized carbons (Fsp3) is 0.294. The molecule has 21 heavy (non-hydrogen) atoms. The lowest BCUT2D eigenvalue weighted by molar-refractivity contribution is 0.440. The van der Waals surface area contributed by atoms with Crippen molar-refractivity contribution < 1.29 is 8.42 Å². The lowest BCUT2D eigenvalue weighted by Crippen LogP contribution is -2.35. The van der Waals surface area contributed by atoms with Crippen LogP contribution in [0.3, 0.4) is 0 Å². The molecule has 0 aromatic heterocycles. The summed E-state index contributed by atoms with van der Waals surface area (Å²) in [4.78, 5) is 0. The Morgan fingerprint density at radius 2 is 1.19 bits per heavy atom. The molecular formula is C17H21NO2S. The van der Waals surface area contributed by atoms with Crippen molar-refractivity contribution in [2.75, 3.05) is 13.1 Å². The molecule has 2 aromatic rings. The van der Waals surface area contributed by atoms with Gasteiger partial charge in [0.05, 0.1) is 0 Å². The van der Waals surface area contributed by atoms with Gasteiger partial charge in [0.15, 0.2) is 0 Å². The quantitative estimate of drug-likeness (QED) is 0.819. The summed E-state index contributed by atoms with van der Waals surface area (Å²) in [6.07, 6.45) is 0. The normalized spacial score (nSPS) is 12.0. The van der Waals surface area contributed by atoms with E-state index in [2.05, 4.69) is 0 Å². The third-order valence-corrected chi connectivity index (χ3v) is 5.94. The second kappa shape index (κ2) is 6.87. The van der Waals surface area contributed by atoms with Crippen LogP contribution in [0, 0.1) is 0 Å². The van der Waals surface area contributed by atoms with Gasteiger partial charge < -0.3 is 0 Å². The Morgan fingerprint density at radius 3 is 1.52 bits per heavy atom. The van der Waals surface area contributed by atoms with Gasteiger partial charge in [0.1, 0.15) is 5.25 Å². The van der Waals surface area contributed by atoms with E-state index in [-0.39, 0.29) is 0 Å². The molecule has 0 saturated carbocycles. The van der Waals surface area contributed by atoms with Gasteiger partial charge >= 0.3 is 0 Å². The van der Waals surface area contributed by atoms with Gasteiger partial charge in [0.2, 0.25) is 10.0 Å². The van der Waals surface area contributed by atoms with Gasteiger partial charge in [-0.15, -0.1) is 0 Å². The van der Waals surface area contributed by atoms with Crippen LogP contribution in [0.15, 0.2) is 60.7 Å². The SMILES string of the molecule is CCN(CC)S(=O)(=O)C(c1ccccc1)c1ccccc1. The van der Waals surface area contributed by atoms with Crippen molar-refractivity contribution in [3.05, 3.63) is 71.8 Å². The van der Waals surface area contributed by atoms with Gasteiger partial charge in [-0.25, -0.2) is 12.7 Å². The molecule has 0 bridgehead atoms. The van der Waals surface area contributed by atoms with E-state index in [1.807, 2.05) is 74.5 Å². The highest BCUT2D eigenvalue weighted by atomic mass is 32.2. The van der Waals surface area contributed by atoms with Gasteiger partial charge in [-0.2, -0.15) is 0 Å². The summed E-state index contributed by atoms with van der Waals surface area (Å²) < 4.78 is 27.6. The third kappa shape index (κ3) is 3.34. The van der Waals surface area contributed by atoms with E-state index in [9.17, 15) is 8.42 Å².